The number of carbonyl (C=O) groups is 3. The third kappa shape index (κ3) is 7.01. The van der Waals surface area contributed by atoms with Gasteiger partial charge in [-0.05, 0) is 31.6 Å². The summed E-state index contributed by atoms with van der Waals surface area (Å²) >= 11 is 0. The number of methoxy groups -OCH3 is 1. The Morgan fingerprint density at radius 1 is 1.27 bits per heavy atom. The van der Waals surface area contributed by atoms with Crippen LogP contribution in [-0.2, 0) is 30.3 Å². The Morgan fingerprint density at radius 3 is 2.73 bits per heavy atom. The number of hydrogen-bond donors (Lipinski definition) is 3. The van der Waals surface area contributed by atoms with Gasteiger partial charge in [-0.15, -0.1) is 0 Å². The zero-order valence-corrected chi connectivity index (χ0v) is 19.3. The van der Waals surface area contributed by atoms with Crippen molar-refractivity contribution in [3.8, 4) is 0 Å². The van der Waals surface area contributed by atoms with Gasteiger partial charge < -0.3 is 29.8 Å². The molecule has 1 saturated carbocycles. The molecule has 0 unspecified atom stereocenters. The SMILES string of the molecule is COC(=O)[C@@H]1C[C@@H](OCCCCO)CN1C(=O)[C@@H](NC(=O)Cc1cnc[nH]1)C1CCCCC1. The molecular weight excluding hydrogens is 428 g/mol. The van der Waals surface area contributed by atoms with E-state index in [1.165, 1.54) is 18.3 Å². The van der Waals surface area contributed by atoms with Gasteiger partial charge >= 0.3 is 5.97 Å². The average Bonchev–Trinajstić information content (AvgIpc) is 3.50. The van der Waals surface area contributed by atoms with Crippen molar-refractivity contribution in [2.24, 2.45) is 5.92 Å². The number of imidazole rings is 1. The van der Waals surface area contributed by atoms with Crippen molar-refractivity contribution in [3.05, 3.63) is 18.2 Å². The Labute approximate surface area is 194 Å². The van der Waals surface area contributed by atoms with Crippen molar-refractivity contribution in [3.63, 3.8) is 0 Å². The molecule has 0 bridgehead atoms. The molecule has 0 aromatic carbocycles. The number of aliphatic hydroxyl groups excluding tert-OH is 1. The fraction of sp³-hybridized carbons (Fsp3) is 0.739. The second-order valence-corrected chi connectivity index (χ2v) is 8.89. The molecule has 184 valence electrons. The first-order valence-electron chi connectivity index (χ1n) is 11.9. The number of aromatic nitrogens is 2. The molecule has 2 aliphatic rings. The number of likely N-dealkylation sites (tertiary alicyclic amines) is 1. The number of unbranched alkanes of at least 4 members (excludes halogenated alkanes) is 1. The standard InChI is InChI=1S/C23H36N4O6/c1-32-23(31)19-12-18(33-10-6-5-9-28)14-27(19)22(30)21(16-7-3-2-4-8-16)26-20(29)11-17-13-24-15-25-17/h13,15-16,18-19,21,28H,2-12,14H2,1H3,(H,24,25)(H,26,29)/t18-,19+,21+/m1/s1. The molecule has 2 fully saturated rings. The molecule has 10 heteroatoms. The maximum atomic E-state index is 13.7. The van der Waals surface area contributed by atoms with Gasteiger partial charge in [-0.2, -0.15) is 0 Å². The Balaban J connectivity index is 1.72. The molecule has 0 spiro atoms. The summed E-state index contributed by atoms with van der Waals surface area (Å²) in [7, 11) is 1.31. The van der Waals surface area contributed by atoms with Crippen LogP contribution in [0.15, 0.2) is 12.5 Å². The van der Waals surface area contributed by atoms with Crippen LogP contribution >= 0.6 is 0 Å². The molecule has 3 rings (SSSR count). The monoisotopic (exact) mass is 464 g/mol. The van der Waals surface area contributed by atoms with Gasteiger partial charge in [0.1, 0.15) is 12.1 Å². The quantitative estimate of drug-likeness (QED) is 0.328. The highest BCUT2D eigenvalue weighted by Crippen LogP contribution is 2.30. The van der Waals surface area contributed by atoms with Crippen LogP contribution in [0.1, 0.15) is 57.1 Å². The topological polar surface area (TPSA) is 134 Å². The highest BCUT2D eigenvalue weighted by atomic mass is 16.5. The van der Waals surface area contributed by atoms with Gasteiger partial charge in [0.05, 0.1) is 26.0 Å². The van der Waals surface area contributed by atoms with Crippen molar-refractivity contribution in [1.82, 2.24) is 20.2 Å². The molecule has 2 heterocycles. The predicted molar refractivity (Wildman–Crippen MR) is 119 cm³/mol. The van der Waals surface area contributed by atoms with Crippen LogP contribution in [0.5, 0.6) is 0 Å². The van der Waals surface area contributed by atoms with E-state index in [9.17, 15) is 14.4 Å². The van der Waals surface area contributed by atoms with Gasteiger partial charge in [0, 0.05) is 38.1 Å². The van der Waals surface area contributed by atoms with Gasteiger partial charge in [0.15, 0.2) is 0 Å². The lowest BCUT2D eigenvalue weighted by molar-refractivity contribution is -0.152. The van der Waals surface area contributed by atoms with Crippen LogP contribution in [0.2, 0.25) is 0 Å². The van der Waals surface area contributed by atoms with E-state index in [1.807, 2.05) is 0 Å². The number of rotatable bonds is 11. The summed E-state index contributed by atoms with van der Waals surface area (Å²) < 4.78 is 10.8. The molecule has 2 amide bonds. The second kappa shape index (κ2) is 12.7. The molecule has 1 aliphatic heterocycles. The van der Waals surface area contributed by atoms with Crippen LogP contribution in [0.25, 0.3) is 0 Å². The summed E-state index contributed by atoms with van der Waals surface area (Å²) in [5.41, 5.74) is 0.673. The van der Waals surface area contributed by atoms with Gasteiger partial charge in [0.25, 0.3) is 0 Å². The molecule has 1 aliphatic carbocycles. The number of esters is 1. The number of H-pyrrole nitrogens is 1. The number of nitrogens with zero attached hydrogens (tertiary/aromatic N) is 2. The fourth-order valence-corrected chi connectivity index (χ4v) is 4.79. The number of aromatic amines is 1. The summed E-state index contributed by atoms with van der Waals surface area (Å²) in [6.07, 6.45) is 9.50. The Bertz CT molecular complexity index is 765. The third-order valence-electron chi connectivity index (χ3n) is 6.53. The molecule has 1 aromatic rings. The molecule has 1 saturated heterocycles. The zero-order chi connectivity index (χ0) is 23.6. The van der Waals surface area contributed by atoms with Crippen molar-refractivity contribution in [1.29, 1.82) is 0 Å². The summed E-state index contributed by atoms with van der Waals surface area (Å²) in [5.74, 6) is -0.957. The van der Waals surface area contributed by atoms with Crippen molar-refractivity contribution in [2.75, 3.05) is 26.9 Å². The van der Waals surface area contributed by atoms with E-state index in [4.69, 9.17) is 14.6 Å². The Morgan fingerprint density at radius 2 is 2.06 bits per heavy atom. The minimum Gasteiger partial charge on any atom is -0.467 e. The number of hydrogen-bond acceptors (Lipinski definition) is 7. The van der Waals surface area contributed by atoms with Gasteiger partial charge in [0.2, 0.25) is 11.8 Å². The van der Waals surface area contributed by atoms with E-state index in [-0.39, 0.29) is 43.4 Å². The van der Waals surface area contributed by atoms with Crippen LogP contribution < -0.4 is 5.32 Å². The predicted octanol–water partition coefficient (Wildman–Crippen LogP) is 0.949. The van der Waals surface area contributed by atoms with Gasteiger partial charge in [-0.1, -0.05) is 19.3 Å². The van der Waals surface area contributed by atoms with E-state index >= 15 is 0 Å². The number of carbonyl (C=O) groups excluding carboxylic acids is 3. The second-order valence-electron chi connectivity index (χ2n) is 8.89. The zero-order valence-electron chi connectivity index (χ0n) is 19.3. The molecule has 10 nitrogen and oxygen atoms in total. The highest BCUT2D eigenvalue weighted by Gasteiger charge is 2.44. The van der Waals surface area contributed by atoms with Crippen LogP contribution in [0.4, 0.5) is 0 Å². The minimum absolute atomic E-state index is 0.0276. The lowest BCUT2D eigenvalue weighted by Gasteiger charge is -2.34. The van der Waals surface area contributed by atoms with Crippen LogP contribution in [-0.4, -0.2) is 82.8 Å². The lowest BCUT2D eigenvalue weighted by Crippen LogP contribution is -2.55. The minimum atomic E-state index is -0.735. The van der Waals surface area contributed by atoms with Gasteiger partial charge in [-0.3, -0.25) is 9.59 Å². The Hall–Kier alpha value is -2.46. The number of aliphatic hydroxyl groups is 1. The first-order valence-corrected chi connectivity index (χ1v) is 11.9. The normalized spacial score (nSPS) is 22.2. The van der Waals surface area contributed by atoms with Gasteiger partial charge in [-0.25, -0.2) is 9.78 Å². The summed E-state index contributed by atoms with van der Waals surface area (Å²) in [6.45, 7) is 0.830. The summed E-state index contributed by atoms with van der Waals surface area (Å²) in [4.78, 5) is 47.3. The molecular formula is C23H36N4O6. The van der Waals surface area contributed by atoms with Crippen molar-refractivity contribution in [2.45, 2.75) is 76.0 Å². The molecule has 1 aromatic heterocycles. The van der Waals surface area contributed by atoms with Crippen LogP contribution in [0, 0.1) is 5.92 Å². The lowest BCUT2D eigenvalue weighted by atomic mass is 9.83. The number of nitrogens with one attached hydrogen (secondary N) is 2. The fourth-order valence-electron chi connectivity index (χ4n) is 4.79. The molecule has 3 N–H and O–H groups in total. The summed E-state index contributed by atoms with van der Waals surface area (Å²) in [6, 6.07) is -1.43. The molecule has 33 heavy (non-hydrogen) atoms. The molecule has 3 atom stereocenters. The van der Waals surface area contributed by atoms with E-state index in [0.717, 1.165) is 32.1 Å². The maximum absolute atomic E-state index is 13.7. The molecule has 0 radical (unpaired) electrons. The van der Waals surface area contributed by atoms with Crippen molar-refractivity contribution < 1.29 is 29.0 Å². The van der Waals surface area contributed by atoms with Crippen molar-refractivity contribution >= 4 is 17.8 Å². The van der Waals surface area contributed by atoms with Crippen LogP contribution in [0.3, 0.4) is 0 Å². The average molecular weight is 465 g/mol. The first kappa shape index (κ1) is 25.2. The highest BCUT2D eigenvalue weighted by molar-refractivity contribution is 5.92. The van der Waals surface area contributed by atoms with E-state index in [0.29, 0.717) is 31.6 Å². The third-order valence-corrected chi connectivity index (χ3v) is 6.53. The first-order chi connectivity index (χ1) is 16.0. The summed E-state index contributed by atoms with van der Waals surface area (Å²) in [5, 5.41) is 11.9. The van der Waals surface area contributed by atoms with E-state index in [2.05, 4.69) is 15.3 Å². The maximum Gasteiger partial charge on any atom is 0.328 e. The largest absolute Gasteiger partial charge is 0.467 e. The smallest absolute Gasteiger partial charge is 0.328 e. The Kier molecular flexibility index (Phi) is 9.68. The number of amides is 2. The van der Waals surface area contributed by atoms with E-state index < -0.39 is 18.1 Å². The van der Waals surface area contributed by atoms with E-state index in [1.54, 1.807) is 6.20 Å². The number of ether oxygens (including phenoxy) is 2.